The highest BCUT2D eigenvalue weighted by Gasteiger charge is 2.38. The number of aromatic nitrogens is 2. The number of fused-ring (bicyclic) bond motifs is 1. The van der Waals surface area contributed by atoms with Crippen molar-refractivity contribution in [3.05, 3.63) is 48.0 Å². The van der Waals surface area contributed by atoms with Crippen molar-refractivity contribution in [3.63, 3.8) is 0 Å². The van der Waals surface area contributed by atoms with Crippen LogP contribution in [0.25, 0.3) is 0 Å². The summed E-state index contributed by atoms with van der Waals surface area (Å²) in [4.78, 5) is 13.1. The van der Waals surface area contributed by atoms with Gasteiger partial charge in [-0.15, -0.1) is 10.2 Å². The van der Waals surface area contributed by atoms with E-state index in [9.17, 15) is 13.2 Å². The van der Waals surface area contributed by atoms with Crippen LogP contribution in [0.5, 0.6) is 11.5 Å². The van der Waals surface area contributed by atoms with E-state index in [1.54, 1.807) is 42.1 Å². The summed E-state index contributed by atoms with van der Waals surface area (Å²) in [7, 11) is -2.46. The van der Waals surface area contributed by atoms with Gasteiger partial charge < -0.3 is 9.47 Å². The number of hydrogen-bond donors (Lipinski definition) is 1. The van der Waals surface area contributed by atoms with E-state index in [0.717, 1.165) is 22.1 Å². The molecule has 2 aromatic carbocycles. The molecule has 0 saturated heterocycles. The Labute approximate surface area is 206 Å². The molecule has 1 aliphatic heterocycles. The number of aryl methyl sites for hydroxylation is 1. The number of ether oxygens (including phenoxy) is 2. The maximum atomic E-state index is 13.6. The zero-order valence-corrected chi connectivity index (χ0v) is 21.3. The summed E-state index contributed by atoms with van der Waals surface area (Å²) in [5.74, 6) is 1.26. The molecule has 2 heterocycles. The third-order valence-corrected chi connectivity index (χ3v) is 8.96. The van der Waals surface area contributed by atoms with Crippen molar-refractivity contribution in [1.82, 2.24) is 10.2 Å². The molecule has 1 atom stereocenters. The standard InChI is InChI=1S/C22H24N4O5S3/c1-4-11-32-22-25-24-21(33-22)23-20(27)19-13-26(17-12-14(2)5-10-18(17)31-19)34(28,29)16-8-6-15(30-3)7-9-16/h5-10,12,19H,4,11,13H2,1-3H3,(H,23,24,27). The number of nitrogens with one attached hydrogen (secondary N) is 1. The van der Waals surface area contributed by atoms with Crippen LogP contribution in [0.1, 0.15) is 18.9 Å². The molecule has 34 heavy (non-hydrogen) atoms. The first-order chi connectivity index (χ1) is 16.3. The van der Waals surface area contributed by atoms with Gasteiger partial charge in [-0.2, -0.15) is 0 Å². The molecule has 1 amide bonds. The fraction of sp³-hybridized carbons (Fsp3) is 0.318. The second kappa shape index (κ2) is 10.2. The summed E-state index contributed by atoms with van der Waals surface area (Å²) < 4.78 is 40.1. The summed E-state index contributed by atoms with van der Waals surface area (Å²) in [5, 5.41) is 11.1. The van der Waals surface area contributed by atoms with E-state index in [1.807, 2.05) is 6.92 Å². The van der Waals surface area contributed by atoms with Crippen LogP contribution in [0.15, 0.2) is 51.7 Å². The van der Waals surface area contributed by atoms with Gasteiger partial charge in [0.25, 0.3) is 15.9 Å². The van der Waals surface area contributed by atoms with Crippen LogP contribution < -0.4 is 19.1 Å². The number of rotatable bonds is 8. The molecule has 0 fully saturated rings. The third-order valence-electron chi connectivity index (χ3n) is 4.99. The Morgan fingerprint density at radius 2 is 2.03 bits per heavy atom. The number of anilines is 2. The van der Waals surface area contributed by atoms with Crippen molar-refractivity contribution in [2.24, 2.45) is 0 Å². The van der Waals surface area contributed by atoms with Crippen LogP contribution in [-0.4, -0.2) is 50.0 Å². The van der Waals surface area contributed by atoms with E-state index in [2.05, 4.69) is 22.4 Å². The molecule has 180 valence electrons. The number of methoxy groups -OCH3 is 1. The van der Waals surface area contributed by atoms with Crippen molar-refractivity contribution in [2.45, 2.75) is 35.6 Å². The largest absolute Gasteiger partial charge is 0.497 e. The van der Waals surface area contributed by atoms with Gasteiger partial charge in [-0.25, -0.2) is 8.42 Å². The Hall–Kier alpha value is -2.83. The molecule has 9 nitrogen and oxygen atoms in total. The van der Waals surface area contributed by atoms with Crippen molar-refractivity contribution < 1.29 is 22.7 Å². The highest BCUT2D eigenvalue weighted by Crippen LogP contribution is 2.38. The van der Waals surface area contributed by atoms with Gasteiger partial charge in [0.15, 0.2) is 10.4 Å². The van der Waals surface area contributed by atoms with Crippen molar-refractivity contribution in [2.75, 3.05) is 29.0 Å². The first-order valence-electron chi connectivity index (χ1n) is 10.5. The average molecular weight is 521 g/mol. The maximum Gasteiger partial charge on any atom is 0.269 e. The predicted molar refractivity (Wildman–Crippen MR) is 133 cm³/mol. The molecule has 4 rings (SSSR count). The molecule has 1 N–H and O–H groups in total. The molecule has 3 aromatic rings. The summed E-state index contributed by atoms with van der Waals surface area (Å²) >= 11 is 2.83. The van der Waals surface area contributed by atoms with Gasteiger partial charge in [-0.1, -0.05) is 36.1 Å². The highest BCUT2D eigenvalue weighted by molar-refractivity contribution is 8.01. The quantitative estimate of drug-likeness (QED) is 0.351. The zero-order valence-electron chi connectivity index (χ0n) is 18.8. The summed E-state index contributed by atoms with van der Waals surface area (Å²) in [6, 6.07) is 11.3. The fourth-order valence-corrected chi connectivity index (χ4v) is 6.44. The fourth-order valence-electron chi connectivity index (χ4n) is 3.29. The third kappa shape index (κ3) is 5.13. The molecular weight excluding hydrogens is 496 g/mol. The van der Waals surface area contributed by atoms with Gasteiger partial charge in [0.05, 0.1) is 24.2 Å². The van der Waals surface area contributed by atoms with Crippen LogP contribution >= 0.6 is 23.1 Å². The predicted octanol–water partition coefficient (Wildman–Crippen LogP) is 3.95. The number of hydrogen-bond acceptors (Lipinski definition) is 9. The normalized spacial score (nSPS) is 15.4. The minimum Gasteiger partial charge on any atom is -0.497 e. The van der Waals surface area contributed by atoms with Gasteiger partial charge in [-0.3, -0.25) is 14.4 Å². The van der Waals surface area contributed by atoms with E-state index in [0.29, 0.717) is 22.3 Å². The van der Waals surface area contributed by atoms with Crippen LogP contribution in [0.4, 0.5) is 10.8 Å². The van der Waals surface area contributed by atoms with E-state index in [4.69, 9.17) is 9.47 Å². The van der Waals surface area contributed by atoms with Crippen molar-refractivity contribution in [1.29, 1.82) is 0 Å². The lowest BCUT2D eigenvalue weighted by Gasteiger charge is -2.34. The molecule has 0 saturated carbocycles. The van der Waals surface area contributed by atoms with Crippen LogP contribution in [0, 0.1) is 6.92 Å². The molecule has 1 aromatic heterocycles. The molecule has 0 aliphatic carbocycles. The first-order valence-corrected chi connectivity index (χ1v) is 13.8. The summed E-state index contributed by atoms with van der Waals surface area (Å²) in [6.07, 6.45) is -0.0712. The van der Waals surface area contributed by atoms with Gasteiger partial charge in [0.2, 0.25) is 5.13 Å². The van der Waals surface area contributed by atoms with E-state index < -0.39 is 22.0 Å². The molecule has 0 bridgehead atoms. The van der Waals surface area contributed by atoms with Crippen LogP contribution in [0.3, 0.4) is 0 Å². The minimum absolute atomic E-state index is 0.0866. The minimum atomic E-state index is -3.97. The van der Waals surface area contributed by atoms with Gasteiger partial charge in [-0.05, 0) is 55.3 Å². The topological polar surface area (TPSA) is 111 Å². The van der Waals surface area contributed by atoms with E-state index in [-0.39, 0.29) is 11.4 Å². The van der Waals surface area contributed by atoms with Gasteiger partial charge >= 0.3 is 0 Å². The van der Waals surface area contributed by atoms with E-state index in [1.165, 1.54) is 34.9 Å². The second-order valence-electron chi connectivity index (χ2n) is 7.50. The second-order valence-corrected chi connectivity index (χ2v) is 11.7. The molecule has 0 spiro atoms. The molecule has 1 aliphatic rings. The Balaban J connectivity index is 1.61. The molecular formula is C22H24N4O5S3. The lowest BCUT2D eigenvalue weighted by atomic mass is 10.1. The highest BCUT2D eigenvalue weighted by atomic mass is 32.2. The summed E-state index contributed by atoms with van der Waals surface area (Å²) in [6.45, 7) is 3.75. The number of thioether (sulfide) groups is 1. The van der Waals surface area contributed by atoms with Crippen LogP contribution in [0.2, 0.25) is 0 Å². The van der Waals surface area contributed by atoms with Gasteiger partial charge in [0, 0.05) is 5.75 Å². The molecule has 1 unspecified atom stereocenters. The number of carbonyl (C=O) groups excluding carboxylic acids is 1. The monoisotopic (exact) mass is 520 g/mol. The van der Waals surface area contributed by atoms with Crippen LogP contribution in [-0.2, 0) is 14.8 Å². The Morgan fingerprint density at radius 3 is 2.74 bits per heavy atom. The molecule has 0 radical (unpaired) electrons. The maximum absolute atomic E-state index is 13.6. The lowest BCUT2D eigenvalue weighted by Crippen LogP contribution is -2.48. The first kappa shape index (κ1) is 24.3. The van der Waals surface area contributed by atoms with Crippen molar-refractivity contribution in [3.8, 4) is 11.5 Å². The van der Waals surface area contributed by atoms with E-state index >= 15 is 0 Å². The van der Waals surface area contributed by atoms with Crippen molar-refractivity contribution >= 4 is 49.8 Å². The number of benzene rings is 2. The lowest BCUT2D eigenvalue weighted by molar-refractivity contribution is -0.122. The van der Waals surface area contributed by atoms with Gasteiger partial charge in [0.1, 0.15) is 11.5 Å². The number of sulfonamides is 1. The smallest absolute Gasteiger partial charge is 0.269 e. The zero-order chi connectivity index (χ0) is 24.3. The summed E-state index contributed by atoms with van der Waals surface area (Å²) in [5.41, 5.74) is 1.25. The molecule has 12 heteroatoms. The average Bonchev–Trinajstić information content (AvgIpc) is 3.29. The number of amides is 1. The SMILES string of the molecule is CCCSc1nnc(NC(=O)C2CN(S(=O)(=O)c3ccc(OC)cc3)c3cc(C)ccc3O2)s1. The number of carbonyl (C=O) groups is 1. The number of nitrogens with zero attached hydrogens (tertiary/aromatic N) is 3. The Kier molecular flexibility index (Phi) is 7.29. The Bertz CT molecular complexity index is 1280. The Morgan fingerprint density at radius 1 is 1.26 bits per heavy atom.